The molecule has 286 valence electrons. The Bertz CT molecular complexity index is 1910. The second-order valence-electron chi connectivity index (χ2n) is 14.0. The molecule has 0 bridgehead atoms. The van der Waals surface area contributed by atoms with Gasteiger partial charge in [-0.1, -0.05) is 133 Å². The molecule has 55 heavy (non-hydrogen) atoms. The van der Waals surface area contributed by atoms with Crippen LogP contribution in [0.2, 0.25) is 0 Å². The number of halogens is 3. The Morgan fingerprint density at radius 2 is 1.22 bits per heavy atom. The molecule has 1 heterocycles. The summed E-state index contributed by atoms with van der Waals surface area (Å²) in [5, 5.41) is 9.14. The van der Waals surface area contributed by atoms with Crippen molar-refractivity contribution in [3.63, 3.8) is 0 Å². The fourth-order valence-corrected chi connectivity index (χ4v) is 7.94. The van der Waals surface area contributed by atoms with E-state index >= 15 is 0 Å². The first-order valence-electron chi connectivity index (χ1n) is 18.7. The van der Waals surface area contributed by atoms with Crippen LogP contribution < -0.4 is 9.47 Å². The van der Waals surface area contributed by atoms with E-state index in [1.165, 1.54) is 12.1 Å². The summed E-state index contributed by atoms with van der Waals surface area (Å²) in [5.74, 6) is -1.62. The van der Waals surface area contributed by atoms with Crippen LogP contribution in [0.3, 0.4) is 0 Å². The minimum Gasteiger partial charge on any atom is -0.472 e. The van der Waals surface area contributed by atoms with Crippen LogP contribution in [-0.4, -0.2) is 46.2 Å². The molecule has 0 unspecified atom stereocenters. The molecule has 12 heteroatoms. The number of esters is 2. The molecule has 0 atom stereocenters. The average molecular weight is 754 g/mol. The predicted octanol–water partition coefficient (Wildman–Crippen LogP) is 9.36. The maximum absolute atomic E-state index is 14.4. The van der Waals surface area contributed by atoms with Gasteiger partial charge in [0.25, 0.3) is 5.88 Å². The Hall–Kier alpha value is -5.65. The van der Waals surface area contributed by atoms with Crippen molar-refractivity contribution in [1.82, 2.24) is 15.0 Å². The average Bonchev–Trinajstić information content (AvgIpc) is 3.63. The molecule has 0 N–H and O–H groups in total. The molecule has 4 aromatic carbocycles. The zero-order valence-electron chi connectivity index (χ0n) is 30.2. The molecule has 2 aliphatic carbocycles. The van der Waals surface area contributed by atoms with Crippen molar-refractivity contribution in [2.75, 3.05) is 6.79 Å². The number of rotatable bonds is 12. The number of hydrogen-bond donors (Lipinski definition) is 0. The molecule has 2 aliphatic rings. The molecule has 0 saturated heterocycles. The van der Waals surface area contributed by atoms with Gasteiger partial charge in [0.1, 0.15) is 17.4 Å². The lowest BCUT2D eigenvalue weighted by molar-refractivity contribution is -0.274. The SMILES string of the molecule is O=C(OCOC(=O)C1CCCCC1)c1c(OC2CCC(c3ccc(OC(F)(F)F)cc3)CC2)nnn1C(c1ccccc1)(c1ccccc1)c1ccccc1. The number of carbonyl (C=O) groups excluding carboxylic acids is 2. The summed E-state index contributed by atoms with van der Waals surface area (Å²) < 4.78 is 61.3. The molecule has 9 nitrogen and oxygen atoms in total. The van der Waals surface area contributed by atoms with Gasteiger partial charge in [-0.2, -0.15) is 0 Å². The molecule has 0 spiro atoms. The van der Waals surface area contributed by atoms with E-state index in [1.807, 2.05) is 91.0 Å². The Balaban J connectivity index is 1.21. The molecule has 7 rings (SSSR count). The normalized spacial score (nSPS) is 17.9. The van der Waals surface area contributed by atoms with E-state index in [0.29, 0.717) is 25.7 Å². The third kappa shape index (κ3) is 8.53. The maximum atomic E-state index is 14.4. The largest absolute Gasteiger partial charge is 0.573 e. The van der Waals surface area contributed by atoms with Crippen molar-refractivity contribution in [2.45, 2.75) is 81.7 Å². The van der Waals surface area contributed by atoms with E-state index in [1.54, 1.807) is 16.8 Å². The van der Waals surface area contributed by atoms with Gasteiger partial charge in [0.2, 0.25) is 12.5 Å². The minimum atomic E-state index is -4.76. The Kier molecular flexibility index (Phi) is 11.5. The van der Waals surface area contributed by atoms with E-state index in [0.717, 1.165) is 54.4 Å². The van der Waals surface area contributed by atoms with Crippen molar-refractivity contribution in [1.29, 1.82) is 0 Å². The smallest absolute Gasteiger partial charge is 0.472 e. The van der Waals surface area contributed by atoms with E-state index in [4.69, 9.17) is 14.2 Å². The highest BCUT2D eigenvalue weighted by atomic mass is 19.4. The third-order valence-electron chi connectivity index (χ3n) is 10.6. The molecule has 1 aromatic heterocycles. The van der Waals surface area contributed by atoms with Gasteiger partial charge in [0.15, 0.2) is 0 Å². The molecule has 5 aromatic rings. The number of nitrogens with zero attached hydrogens (tertiary/aromatic N) is 3. The number of carbonyl (C=O) groups is 2. The molecule has 0 aliphatic heterocycles. The minimum absolute atomic E-state index is 0.0205. The number of hydrogen-bond acceptors (Lipinski definition) is 8. The van der Waals surface area contributed by atoms with Gasteiger partial charge in [-0.3, -0.25) is 4.79 Å². The Labute approximate surface area is 317 Å². The lowest BCUT2D eigenvalue weighted by Gasteiger charge is -2.36. The molecular formula is C43H42F3N3O6. The van der Waals surface area contributed by atoms with Gasteiger partial charge in [-0.25, -0.2) is 9.48 Å². The van der Waals surface area contributed by atoms with Gasteiger partial charge < -0.3 is 18.9 Å². The van der Waals surface area contributed by atoms with Crippen LogP contribution in [0.5, 0.6) is 11.6 Å². The molecular weight excluding hydrogens is 711 g/mol. The zero-order chi connectivity index (χ0) is 38.3. The van der Waals surface area contributed by atoms with Crippen LogP contribution in [0.1, 0.15) is 96.4 Å². The highest BCUT2D eigenvalue weighted by Crippen LogP contribution is 2.43. The highest BCUT2D eigenvalue weighted by molar-refractivity contribution is 5.90. The van der Waals surface area contributed by atoms with E-state index in [-0.39, 0.29) is 41.2 Å². The van der Waals surface area contributed by atoms with E-state index in [2.05, 4.69) is 15.0 Å². The van der Waals surface area contributed by atoms with Crippen molar-refractivity contribution >= 4 is 11.9 Å². The number of alkyl halides is 3. The Morgan fingerprint density at radius 1 is 0.673 bits per heavy atom. The molecule has 0 radical (unpaired) electrons. The summed E-state index contributed by atoms with van der Waals surface area (Å²) >= 11 is 0. The summed E-state index contributed by atoms with van der Waals surface area (Å²) in [6, 6.07) is 35.0. The number of aromatic nitrogens is 3. The highest BCUT2D eigenvalue weighted by Gasteiger charge is 2.44. The second kappa shape index (κ2) is 16.8. The standard InChI is InChI=1S/C43H42F3N3O6/c44-43(45,46)55-37-27-23-31(24-28-37)30-21-25-36(26-22-30)54-39-38(41(51)53-29-52-40(50)32-13-5-1-6-14-32)49(48-47-39)42(33-15-7-2-8-16-33,34-17-9-3-10-18-34)35-19-11-4-12-20-35/h2-4,7-12,15-20,23-24,27-28,30,32,36H,1,5-6,13-14,21-22,25-26,29H2. The first kappa shape index (κ1) is 37.7. The lowest BCUT2D eigenvalue weighted by Crippen LogP contribution is -2.41. The van der Waals surface area contributed by atoms with Gasteiger partial charge in [0.05, 0.1) is 5.92 Å². The summed E-state index contributed by atoms with van der Waals surface area (Å²) in [6.07, 6.45) is 1.95. The van der Waals surface area contributed by atoms with Crippen LogP contribution in [0.15, 0.2) is 115 Å². The topological polar surface area (TPSA) is 102 Å². The van der Waals surface area contributed by atoms with Crippen molar-refractivity contribution < 1.29 is 41.7 Å². The zero-order valence-corrected chi connectivity index (χ0v) is 30.2. The van der Waals surface area contributed by atoms with Crippen LogP contribution in [-0.2, 0) is 19.8 Å². The van der Waals surface area contributed by atoms with E-state index < -0.39 is 24.7 Å². The van der Waals surface area contributed by atoms with Crippen LogP contribution in [0, 0.1) is 5.92 Å². The Morgan fingerprint density at radius 3 is 1.75 bits per heavy atom. The van der Waals surface area contributed by atoms with Crippen molar-refractivity contribution in [2.24, 2.45) is 5.92 Å². The molecule has 2 fully saturated rings. The maximum Gasteiger partial charge on any atom is 0.573 e. The van der Waals surface area contributed by atoms with E-state index in [9.17, 15) is 22.8 Å². The number of benzene rings is 4. The van der Waals surface area contributed by atoms with Gasteiger partial charge in [0, 0.05) is 0 Å². The van der Waals surface area contributed by atoms with Crippen molar-refractivity contribution in [3.05, 3.63) is 143 Å². The van der Waals surface area contributed by atoms with Crippen LogP contribution in [0.25, 0.3) is 0 Å². The van der Waals surface area contributed by atoms with Crippen molar-refractivity contribution in [3.8, 4) is 11.6 Å². The first-order chi connectivity index (χ1) is 26.7. The third-order valence-corrected chi connectivity index (χ3v) is 10.6. The van der Waals surface area contributed by atoms with Crippen LogP contribution >= 0.6 is 0 Å². The monoisotopic (exact) mass is 753 g/mol. The molecule has 2 saturated carbocycles. The first-order valence-corrected chi connectivity index (χ1v) is 18.7. The predicted molar refractivity (Wildman–Crippen MR) is 196 cm³/mol. The van der Waals surface area contributed by atoms with Gasteiger partial charge in [-0.15, -0.1) is 13.2 Å². The summed E-state index contributed by atoms with van der Waals surface area (Å²) in [7, 11) is 0. The fourth-order valence-electron chi connectivity index (χ4n) is 7.94. The molecule has 0 amide bonds. The fraction of sp³-hybridized carbons (Fsp3) is 0.349. The lowest BCUT2D eigenvalue weighted by atomic mass is 9.77. The quantitative estimate of drug-likeness (QED) is 0.0706. The summed E-state index contributed by atoms with van der Waals surface area (Å²) in [5.41, 5.74) is 2.04. The summed E-state index contributed by atoms with van der Waals surface area (Å²) in [6.45, 7) is -0.578. The van der Waals surface area contributed by atoms with Gasteiger partial charge >= 0.3 is 18.3 Å². The van der Waals surface area contributed by atoms with Gasteiger partial charge in [-0.05, 0) is 78.8 Å². The second-order valence-corrected chi connectivity index (χ2v) is 14.0. The van der Waals surface area contributed by atoms with Crippen LogP contribution in [0.4, 0.5) is 13.2 Å². The summed E-state index contributed by atoms with van der Waals surface area (Å²) in [4.78, 5) is 27.2. The number of ether oxygens (including phenoxy) is 4.